The number of hydrogen-bond donors (Lipinski definition) is 0. The summed E-state index contributed by atoms with van der Waals surface area (Å²) in [5.41, 5.74) is 4.75. The van der Waals surface area contributed by atoms with Crippen LogP contribution in [0.5, 0.6) is 0 Å². The second kappa shape index (κ2) is 4.61. The van der Waals surface area contributed by atoms with E-state index in [-0.39, 0.29) is 0 Å². The van der Waals surface area contributed by atoms with Gasteiger partial charge in [-0.25, -0.2) is 0 Å². The van der Waals surface area contributed by atoms with Crippen LogP contribution in [0.4, 0.5) is 0 Å². The van der Waals surface area contributed by atoms with Crippen LogP contribution < -0.4 is 0 Å². The molecule has 0 fully saturated rings. The molecule has 0 heterocycles. The summed E-state index contributed by atoms with van der Waals surface area (Å²) < 4.78 is 0. The quantitative estimate of drug-likeness (QED) is 0.618. The summed E-state index contributed by atoms with van der Waals surface area (Å²) in [5, 5.41) is 0. The van der Waals surface area contributed by atoms with Gasteiger partial charge in [-0.3, -0.25) is 0 Å². The zero-order valence-electron chi connectivity index (χ0n) is 8.72. The lowest BCUT2D eigenvalue weighted by molar-refractivity contribution is 1.15. The van der Waals surface area contributed by atoms with Crippen LogP contribution >= 0.6 is 0 Å². The molecule has 0 aliphatic heterocycles. The Hall–Kier alpha value is -1.56. The summed E-state index contributed by atoms with van der Waals surface area (Å²) in [5.74, 6) is 0. The molecule has 1 rings (SSSR count). The summed E-state index contributed by atoms with van der Waals surface area (Å²) in [7, 11) is 0. The molecule has 0 saturated carbocycles. The Bertz CT molecular complexity index is 370. The molecule has 0 radical (unpaired) electrons. The van der Waals surface area contributed by atoms with E-state index in [2.05, 4.69) is 31.9 Å². The maximum Gasteiger partial charge on any atom is -0.00664 e. The van der Waals surface area contributed by atoms with E-state index in [4.69, 9.17) is 0 Å². The Morgan fingerprint density at radius 3 is 2.50 bits per heavy atom. The molecule has 0 nitrogen and oxygen atoms in total. The van der Waals surface area contributed by atoms with Gasteiger partial charge in [-0.15, -0.1) is 0 Å². The molecule has 0 saturated heterocycles. The molecule has 0 unspecified atom stereocenters. The van der Waals surface area contributed by atoms with Crippen molar-refractivity contribution in [1.82, 2.24) is 0 Å². The normalized spacial score (nSPS) is 9.50. The fourth-order valence-electron chi connectivity index (χ4n) is 1.43. The van der Waals surface area contributed by atoms with E-state index >= 15 is 0 Å². The minimum atomic E-state index is 0.906. The van der Waals surface area contributed by atoms with Crippen LogP contribution in [0, 0.1) is 0 Å². The van der Waals surface area contributed by atoms with Crippen molar-refractivity contribution >= 4 is 12.2 Å². The predicted molar refractivity (Wildman–Crippen MR) is 65.1 cm³/mol. The highest BCUT2D eigenvalue weighted by Gasteiger charge is 2.00. The first kappa shape index (κ1) is 10.5. The average Bonchev–Trinajstić information content (AvgIpc) is 2.16. The van der Waals surface area contributed by atoms with E-state index < -0.39 is 0 Å². The van der Waals surface area contributed by atoms with E-state index in [9.17, 15) is 0 Å². The van der Waals surface area contributed by atoms with Gasteiger partial charge in [0.2, 0.25) is 0 Å². The predicted octanol–water partition coefficient (Wildman–Crippen LogP) is 4.09. The summed E-state index contributed by atoms with van der Waals surface area (Å²) >= 11 is 0. The minimum absolute atomic E-state index is 0.906. The second-order valence-electron chi connectivity index (χ2n) is 3.50. The van der Waals surface area contributed by atoms with Crippen LogP contribution in [0.25, 0.3) is 12.2 Å². The van der Waals surface area contributed by atoms with Gasteiger partial charge in [-0.2, -0.15) is 0 Å². The van der Waals surface area contributed by atoms with Gasteiger partial charge < -0.3 is 0 Å². The zero-order chi connectivity index (χ0) is 10.6. The van der Waals surface area contributed by atoms with Gasteiger partial charge in [0.05, 0.1) is 0 Å². The highest BCUT2D eigenvalue weighted by Crippen LogP contribution is 2.17. The maximum atomic E-state index is 3.92. The molecule has 0 aromatic heterocycles. The van der Waals surface area contributed by atoms with Crippen molar-refractivity contribution in [2.45, 2.75) is 13.3 Å². The Kier molecular flexibility index (Phi) is 3.47. The van der Waals surface area contributed by atoms with E-state index in [1.165, 1.54) is 11.1 Å². The standard InChI is InChI=1S/C14H16/c1-5-12-7-8-13(6-2)14(10-12)9-11(3)4/h5-8,10H,1-3,9H2,4H3. The van der Waals surface area contributed by atoms with Gasteiger partial charge in [-0.1, -0.05) is 55.7 Å². The van der Waals surface area contributed by atoms with Gasteiger partial charge in [0.15, 0.2) is 0 Å². The average molecular weight is 184 g/mol. The zero-order valence-corrected chi connectivity index (χ0v) is 8.72. The second-order valence-corrected chi connectivity index (χ2v) is 3.50. The topological polar surface area (TPSA) is 0 Å². The third kappa shape index (κ3) is 2.46. The lowest BCUT2D eigenvalue weighted by atomic mass is 9.98. The maximum absolute atomic E-state index is 3.92. The largest absolute Gasteiger partial charge is 0.0998 e. The molecule has 0 spiro atoms. The first-order valence-electron chi connectivity index (χ1n) is 4.69. The molecule has 72 valence electrons. The fourth-order valence-corrected chi connectivity index (χ4v) is 1.43. The smallest absolute Gasteiger partial charge is 0.00664 e. The highest BCUT2D eigenvalue weighted by molar-refractivity contribution is 5.58. The molecule has 0 heteroatoms. The Morgan fingerprint density at radius 1 is 1.29 bits per heavy atom. The van der Waals surface area contributed by atoms with Crippen molar-refractivity contribution in [2.75, 3.05) is 0 Å². The Labute approximate surface area is 86.3 Å². The van der Waals surface area contributed by atoms with E-state index in [0.29, 0.717) is 0 Å². The van der Waals surface area contributed by atoms with Crippen LogP contribution in [0.1, 0.15) is 23.6 Å². The molecule has 14 heavy (non-hydrogen) atoms. The number of benzene rings is 1. The fraction of sp³-hybridized carbons (Fsp3) is 0.143. The third-order valence-electron chi connectivity index (χ3n) is 2.11. The van der Waals surface area contributed by atoms with Crippen LogP contribution in [0.3, 0.4) is 0 Å². The lowest BCUT2D eigenvalue weighted by Gasteiger charge is -2.07. The molecule has 0 amide bonds. The van der Waals surface area contributed by atoms with Crippen molar-refractivity contribution in [3.05, 3.63) is 60.2 Å². The summed E-state index contributed by atoms with van der Waals surface area (Å²) in [6.45, 7) is 13.5. The first-order chi connectivity index (χ1) is 6.67. The molecule has 0 bridgehead atoms. The summed E-state index contributed by atoms with van der Waals surface area (Å²) in [6.07, 6.45) is 4.64. The number of rotatable bonds is 4. The number of hydrogen-bond acceptors (Lipinski definition) is 0. The Morgan fingerprint density at radius 2 is 2.00 bits per heavy atom. The molecule has 0 aliphatic carbocycles. The molecular formula is C14H16. The summed E-state index contributed by atoms with van der Waals surface area (Å²) in [6, 6.07) is 6.26. The molecular weight excluding hydrogens is 168 g/mol. The molecule has 0 aliphatic rings. The van der Waals surface area contributed by atoms with Gasteiger partial charge >= 0.3 is 0 Å². The van der Waals surface area contributed by atoms with Gasteiger partial charge in [-0.05, 0) is 30.0 Å². The van der Waals surface area contributed by atoms with Gasteiger partial charge in [0.25, 0.3) is 0 Å². The van der Waals surface area contributed by atoms with E-state index in [0.717, 1.165) is 17.6 Å². The van der Waals surface area contributed by atoms with Crippen LogP contribution in [0.15, 0.2) is 43.5 Å². The van der Waals surface area contributed by atoms with Crippen molar-refractivity contribution in [3.63, 3.8) is 0 Å². The SMILES string of the molecule is C=Cc1ccc(C=C)c(CC(=C)C)c1. The van der Waals surface area contributed by atoms with Crippen molar-refractivity contribution < 1.29 is 0 Å². The minimum Gasteiger partial charge on any atom is -0.0998 e. The van der Waals surface area contributed by atoms with Crippen LogP contribution in [-0.4, -0.2) is 0 Å². The van der Waals surface area contributed by atoms with Crippen molar-refractivity contribution in [2.24, 2.45) is 0 Å². The molecule has 0 N–H and O–H groups in total. The van der Waals surface area contributed by atoms with Gasteiger partial charge in [0.1, 0.15) is 0 Å². The van der Waals surface area contributed by atoms with E-state index in [1.807, 2.05) is 25.1 Å². The van der Waals surface area contributed by atoms with Crippen LogP contribution in [0.2, 0.25) is 0 Å². The van der Waals surface area contributed by atoms with Crippen molar-refractivity contribution in [1.29, 1.82) is 0 Å². The third-order valence-corrected chi connectivity index (χ3v) is 2.11. The summed E-state index contributed by atoms with van der Waals surface area (Å²) in [4.78, 5) is 0. The highest BCUT2D eigenvalue weighted by atomic mass is 14.0. The molecule has 0 atom stereocenters. The van der Waals surface area contributed by atoms with E-state index in [1.54, 1.807) is 0 Å². The molecule has 1 aromatic carbocycles. The van der Waals surface area contributed by atoms with Crippen LogP contribution in [-0.2, 0) is 6.42 Å². The molecule has 1 aromatic rings. The Balaban J connectivity index is 3.13. The monoisotopic (exact) mass is 184 g/mol. The van der Waals surface area contributed by atoms with Crippen molar-refractivity contribution in [3.8, 4) is 0 Å². The lowest BCUT2D eigenvalue weighted by Crippen LogP contribution is -1.91. The first-order valence-corrected chi connectivity index (χ1v) is 4.69. The number of allylic oxidation sites excluding steroid dienone is 1. The van der Waals surface area contributed by atoms with Gasteiger partial charge in [0, 0.05) is 0 Å².